The molecular formula is C29H38F3N3O5Si. The quantitative estimate of drug-likeness (QED) is 0.266. The summed E-state index contributed by atoms with van der Waals surface area (Å²) in [5.41, 5.74) is -6.85. The molecule has 1 aromatic carbocycles. The summed E-state index contributed by atoms with van der Waals surface area (Å²) >= 11 is 0. The molecule has 0 saturated carbocycles. The fourth-order valence-corrected chi connectivity index (χ4v) is 7.91. The fourth-order valence-electron chi connectivity index (χ4n) is 6.87. The van der Waals surface area contributed by atoms with Crippen molar-refractivity contribution in [3.63, 3.8) is 0 Å². The molecular weight excluding hydrogens is 555 g/mol. The maximum atomic E-state index is 14.4. The summed E-state index contributed by atoms with van der Waals surface area (Å²) in [6.45, 7) is 16.1. The van der Waals surface area contributed by atoms with Crippen LogP contribution in [0.2, 0.25) is 18.1 Å². The summed E-state index contributed by atoms with van der Waals surface area (Å²) in [5.74, 6) is -3.90. The number of anilines is 1. The highest BCUT2D eigenvalue weighted by Gasteiger charge is 2.86. The van der Waals surface area contributed by atoms with E-state index in [1.54, 1.807) is 13.8 Å². The minimum Gasteiger partial charge on any atom is -0.417 e. The number of nitriles is 1. The van der Waals surface area contributed by atoms with Gasteiger partial charge in [-0.3, -0.25) is 14.4 Å². The topological polar surface area (TPSA) is 109 Å². The molecule has 0 radical (unpaired) electrons. The van der Waals surface area contributed by atoms with Gasteiger partial charge in [0.05, 0.1) is 40.0 Å². The molecule has 2 bridgehead atoms. The number of nitrogens with one attached hydrogen (secondary N) is 1. The molecule has 41 heavy (non-hydrogen) atoms. The van der Waals surface area contributed by atoms with Crippen LogP contribution in [0.15, 0.2) is 18.2 Å². The molecule has 0 spiro atoms. The summed E-state index contributed by atoms with van der Waals surface area (Å²) in [7, 11) is -2.20. The SMILES string of the molecule is CCNC(=O)[C@]12C(=O)N(c3ccc(C#N)c(C(F)(F)F)c3)C(=O)[C@H]1[C@@]1(CCO[Si](C)(C)C(C)(C)C)O[C@]2(C)C[C@@H]1C. The van der Waals surface area contributed by atoms with Gasteiger partial charge in [-0.25, -0.2) is 4.90 Å². The first kappa shape index (κ1) is 31.2. The van der Waals surface area contributed by atoms with Crippen molar-refractivity contribution >= 4 is 31.7 Å². The van der Waals surface area contributed by atoms with Gasteiger partial charge in [-0.15, -0.1) is 0 Å². The molecule has 1 N–H and O–H groups in total. The summed E-state index contributed by atoms with van der Waals surface area (Å²) in [4.78, 5) is 43.2. The van der Waals surface area contributed by atoms with Gasteiger partial charge in [-0.1, -0.05) is 27.7 Å². The van der Waals surface area contributed by atoms with Gasteiger partial charge in [0, 0.05) is 13.2 Å². The number of nitrogens with zero attached hydrogens (tertiary/aromatic N) is 2. The minimum atomic E-state index is -4.90. The predicted molar refractivity (Wildman–Crippen MR) is 147 cm³/mol. The van der Waals surface area contributed by atoms with E-state index in [0.717, 1.165) is 12.1 Å². The number of amides is 3. The number of hydrogen-bond donors (Lipinski definition) is 1. The highest BCUT2D eigenvalue weighted by Crippen LogP contribution is 2.70. The third kappa shape index (κ3) is 4.26. The molecule has 4 rings (SSSR count). The highest BCUT2D eigenvalue weighted by atomic mass is 28.4. The van der Waals surface area contributed by atoms with Crippen molar-refractivity contribution in [1.29, 1.82) is 5.26 Å². The fraction of sp³-hybridized carbons (Fsp3) is 0.655. The Labute approximate surface area is 239 Å². The Bertz CT molecular complexity index is 1340. The van der Waals surface area contributed by atoms with Crippen LogP contribution in [-0.4, -0.2) is 50.4 Å². The molecule has 5 atom stereocenters. The van der Waals surface area contributed by atoms with E-state index in [2.05, 4.69) is 39.2 Å². The number of rotatable bonds is 7. The van der Waals surface area contributed by atoms with E-state index in [9.17, 15) is 32.8 Å². The van der Waals surface area contributed by atoms with E-state index < -0.39 is 65.9 Å². The van der Waals surface area contributed by atoms with Gasteiger partial charge in [0.1, 0.15) is 0 Å². The summed E-state index contributed by atoms with van der Waals surface area (Å²) in [6.07, 6.45) is -4.37. The van der Waals surface area contributed by atoms with E-state index in [-0.39, 0.29) is 36.2 Å². The lowest BCUT2D eigenvalue weighted by atomic mass is 9.54. The second kappa shape index (κ2) is 9.64. The lowest BCUT2D eigenvalue weighted by Gasteiger charge is -2.43. The van der Waals surface area contributed by atoms with Crippen LogP contribution in [0.25, 0.3) is 0 Å². The lowest BCUT2D eigenvalue weighted by Crippen LogP contribution is -2.62. The van der Waals surface area contributed by atoms with E-state index in [1.807, 2.05) is 6.92 Å². The van der Waals surface area contributed by atoms with Crippen LogP contribution in [-0.2, 0) is 29.7 Å². The largest absolute Gasteiger partial charge is 0.417 e. The van der Waals surface area contributed by atoms with Gasteiger partial charge >= 0.3 is 6.18 Å². The first-order chi connectivity index (χ1) is 18.7. The van der Waals surface area contributed by atoms with Gasteiger partial charge in [-0.05, 0) is 68.9 Å². The third-order valence-electron chi connectivity index (χ3n) is 9.85. The Kier molecular flexibility index (Phi) is 7.33. The Morgan fingerprint density at radius 1 is 1.27 bits per heavy atom. The monoisotopic (exact) mass is 593 g/mol. The van der Waals surface area contributed by atoms with Gasteiger partial charge in [0.25, 0.3) is 5.91 Å². The average Bonchev–Trinajstić information content (AvgIpc) is 3.35. The van der Waals surface area contributed by atoms with Crippen molar-refractivity contribution in [2.24, 2.45) is 17.3 Å². The first-order valence-electron chi connectivity index (χ1n) is 13.9. The van der Waals surface area contributed by atoms with Gasteiger partial charge in [0.15, 0.2) is 13.7 Å². The first-order valence-corrected chi connectivity index (χ1v) is 16.8. The number of hydrogen-bond acceptors (Lipinski definition) is 6. The molecule has 224 valence electrons. The Morgan fingerprint density at radius 2 is 1.90 bits per heavy atom. The van der Waals surface area contributed by atoms with Crippen molar-refractivity contribution in [1.82, 2.24) is 5.32 Å². The van der Waals surface area contributed by atoms with E-state index in [0.29, 0.717) is 17.4 Å². The van der Waals surface area contributed by atoms with Gasteiger partial charge in [-0.2, -0.15) is 18.4 Å². The van der Waals surface area contributed by atoms with E-state index in [1.165, 1.54) is 6.07 Å². The number of imide groups is 1. The molecule has 0 aromatic heterocycles. The smallest absolute Gasteiger partial charge is 0.417 e. The van der Waals surface area contributed by atoms with Crippen LogP contribution in [0, 0.1) is 28.6 Å². The average molecular weight is 594 g/mol. The minimum absolute atomic E-state index is 0.0799. The van der Waals surface area contributed by atoms with Gasteiger partial charge < -0.3 is 14.5 Å². The summed E-state index contributed by atoms with van der Waals surface area (Å²) in [5, 5.41) is 11.9. The number of carbonyl (C=O) groups excluding carboxylic acids is 3. The predicted octanol–water partition coefficient (Wildman–Crippen LogP) is 5.17. The maximum Gasteiger partial charge on any atom is 0.417 e. The van der Waals surface area contributed by atoms with E-state index >= 15 is 0 Å². The van der Waals surface area contributed by atoms with Crippen LogP contribution in [0.5, 0.6) is 0 Å². The van der Waals surface area contributed by atoms with Gasteiger partial charge in [0.2, 0.25) is 11.8 Å². The zero-order valence-corrected chi connectivity index (χ0v) is 25.8. The number of fused-ring (bicyclic) bond motifs is 5. The Morgan fingerprint density at radius 3 is 2.44 bits per heavy atom. The summed E-state index contributed by atoms with van der Waals surface area (Å²) < 4.78 is 54.5. The molecule has 12 heteroatoms. The zero-order valence-electron chi connectivity index (χ0n) is 24.8. The molecule has 1 aromatic rings. The normalized spacial score (nSPS) is 31.4. The number of benzene rings is 1. The van der Waals surface area contributed by atoms with Crippen molar-refractivity contribution < 1.29 is 36.7 Å². The maximum absolute atomic E-state index is 14.4. The second-order valence-electron chi connectivity index (χ2n) is 13.2. The third-order valence-corrected chi connectivity index (χ3v) is 14.4. The van der Waals surface area contributed by atoms with Crippen molar-refractivity contribution in [2.45, 2.75) is 89.9 Å². The van der Waals surface area contributed by atoms with Crippen LogP contribution in [0.1, 0.15) is 65.5 Å². The van der Waals surface area contributed by atoms with Crippen molar-refractivity contribution in [3.05, 3.63) is 29.3 Å². The van der Waals surface area contributed by atoms with Crippen molar-refractivity contribution in [2.75, 3.05) is 18.1 Å². The number of carbonyl (C=O) groups is 3. The Hall–Kier alpha value is -2.75. The molecule has 3 heterocycles. The van der Waals surface area contributed by atoms with Crippen LogP contribution >= 0.6 is 0 Å². The Balaban J connectivity index is 1.85. The number of alkyl halides is 3. The van der Waals surface area contributed by atoms with Crippen LogP contribution < -0.4 is 10.2 Å². The second-order valence-corrected chi connectivity index (χ2v) is 18.0. The molecule has 0 unspecified atom stereocenters. The highest BCUT2D eigenvalue weighted by molar-refractivity contribution is 6.74. The number of halogens is 3. The number of ether oxygens (including phenoxy) is 1. The van der Waals surface area contributed by atoms with Crippen LogP contribution in [0.4, 0.5) is 18.9 Å². The zero-order chi connectivity index (χ0) is 31.0. The summed E-state index contributed by atoms with van der Waals surface area (Å²) in [6, 6.07) is 4.21. The van der Waals surface area contributed by atoms with Crippen LogP contribution in [0.3, 0.4) is 0 Å². The standard InChI is InChI=1S/C29H38F3N3O5Si/c1-9-34-23(37)28-21(22(36)35(24(28)38)19-11-10-18(16-33)20(14-19)29(30,31)32)27(17(2)15-26(28,6)40-27)12-13-39-41(7,8)25(3,4)5/h10-11,14,17,21H,9,12-13,15H2,1-8H3,(H,34,37)/t17-,21-,26+,27-,28-/m0/s1. The molecule has 8 nitrogen and oxygen atoms in total. The lowest BCUT2D eigenvalue weighted by molar-refractivity contribution is -0.153. The van der Waals surface area contributed by atoms with E-state index in [4.69, 9.17) is 9.16 Å². The molecule has 3 aliphatic heterocycles. The molecule has 3 amide bonds. The molecule has 3 fully saturated rings. The van der Waals surface area contributed by atoms with Crippen molar-refractivity contribution in [3.8, 4) is 6.07 Å². The molecule has 3 saturated heterocycles. The molecule has 0 aliphatic carbocycles. The molecule has 3 aliphatic rings.